The Morgan fingerprint density at radius 3 is 1.22 bits per heavy atom. The molecule has 0 N–H and O–H groups in total. The summed E-state index contributed by atoms with van der Waals surface area (Å²) in [6, 6.07) is 41.5. The van der Waals surface area contributed by atoms with Crippen molar-refractivity contribution in [1.82, 2.24) is 0 Å². The van der Waals surface area contributed by atoms with Crippen LogP contribution in [0.1, 0.15) is 165 Å². The highest BCUT2D eigenvalue weighted by atomic mass is 16.5. The van der Waals surface area contributed by atoms with Gasteiger partial charge in [-0.1, -0.05) is 191 Å². The molecule has 0 aliphatic carbocycles. The molecular formula is C62H70O2. The molecule has 0 spiro atoms. The van der Waals surface area contributed by atoms with E-state index in [1.165, 1.54) is 128 Å². The maximum absolute atomic E-state index is 6.14. The molecule has 64 heavy (non-hydrogen) atoms. The molecule has 0 bridgehead atoms. The molecule has 7 aromatic rings. The average Bonchev–Trinajstić information content (AvgIpc) is 3.31. The fourth-order valence-corrected chi connectivity index (χ4v) is 8.88. The molecule has 7 rings (SSSR count). The maximum Gasteiger partial charge on any atom is 0.119 e. The van der Waals surface area contributed by atoms with Crippen LogP contribution in [0.2, 0.25) is 0 Å². The number of hydrogen-bond donors (Lipinski definition) is 0. The minimum absolute atomic E-state index is 0.110. The van der Waals surface area contributed by atoms with E-state index in [9.17, 15) is 0 Å². The fourth-order valence-electron chi connectivity index (χ4n) is 8.88. The number of benzene rings is 7. The smallest absolute Gasteiger partial charge is 0.119 e. The summed E-state index contributed by atoms with van der Waals surface area (Å²) in [6.07, 6.45) is 20.7. The molecule has 0 aliphatic heterocycles. The first-order valence-electron chi connectivity index (χ1n) is 24.7. The van der Waals surface area contributed by atoms with Crippen LogP contribution in [0.25, 0.3) is 43.4 Å². The SMILES string of the molecule is CCCCCCCCCCOc1ccc(C#Cc2cc(C(C)(C)C)cc(C#Cc3ccc(OCCCCCCCCCC)cc3)c2-c2cc3ccc4cccc5ccc(c2)c3c45)cc1. The first-order chi connectivity index (χ1) is 31.3. The third-order valence-corrected chi connectivity index (χ3v) is 12.7. The minimum Gasteiger partial charge on any atom is -0.494 e. The third kappa shape index (κ3) is 12.7. The highest BCUT2D eigenvalue weighted by molar-refractivity contribution is 6.23. The zero-order chi connectivity index (χ0) is 44.6. The summed E-state index contributed by atoms with van der Waals surface area (Å²) < 4.78 is 12.3. The molecule has 2 nitrogen and oxygen atoms in total. The van der Waals surface area contributed by atoms with E-state index in [4.69, 9.17) is 9.47 Å². The fraction of sp³-hybridized carbons (Fsp3) is 0.387. The van der Waals surface area contributed by atoms with Crippen LogP contribution < -0.4 is 9.47 Å². The van der Waals surface area contributed by atoms with Gasteiger partial charge in [-0.3, -0.25) is 0 Å². The van der Waals surface area contributed by atoms with Crippen molar-refractivity contribution in [2.24, 2.45) is 0 Å². The van der Waals surface area contributed by atoms with Crippen molar-refractivity contribution in [2.45, 2.75) is 143 Å². The van der Waals surface area contributed by atoms with Gasteiger partial charge in [0.1, 0.15) is 11.5 Å². The van der Waals surface area contributed by atoms with E-state index in [-0.39, 0.29) is 5.41 Å². The Morgan fingerprint density at radius 2 is 0.797 bits per heavy atom. The summed E-state index contributed by atoms with van der Waals surface area (Å²) in [6.45, 7) is 12.9. The van der Waals surface area contributed by atoms with E-state index in [0.717, 1.165) is 70.9 Å². The Hall–Kier alpha value is -5.70. The molecule has 0 radical (unpaired) electrons. The maximum atomic E-state index is 6.14. The lowest BCUT2D eigenvalue weighted by molar-refractivity contribution is 0.304. The predicted molar refractivity (Wildman–Crippen MR) is 275 cm³/mol. The minimum atomic E-state index is -0.110. The molecule has 0 heterocycles. The summed E-state index contributed by atoms with van der Waals surface area (Å²) in [5, 5.41) is 7.61. The largest absolute Gasteiger partial charge is 0.494 e. The Balaban J connectivity index is 1.16. The predicted octanol–water partition coefficient (Wildman–Crippen LogP) is 17.4. The van der Waals surface area contributed by atoms with Crippen molar-refractivity contribution in [1.29, 1.82) is 0 Å². The Kier molecular flexibility index (Phi) is 16.9. The van der Waals surface area contributed by atoms with E-state index in [0.29, 0.717) is 0 Å². The summed E-state index contributed by atoms with van der Waals surface area (Å²) in [4.78, 5) is 0. The number of ether oxygens (including phenoxy) is 2. The summed E-state index contributed by atoms with van der Waals surface area (Å²) >= 11 is 0. The van der Waals surface area contributed by atoms with Gasteiger partial charge in [0, 0.05) is 27.8 Å². The Bertz CT molecular complexity index is 2500. The summed E-state index contributed by atoms with van der Waals surface area (Å²) in [5.41, 5.74) is 7.15. The van der Waals surface area contributed by atoms with Gasteiger partial charge in [0.15, 0.2) is 0 Å². The molecule has 0 fully saturated rings. The highest BCUT2D eigenvalue weighted by Crippen LogP contribution is 2.40. The van der Waals surface area contributed by atoms with Crippen LogP contribution in [-0.4, -0.2) is 13.2 Å². The van der Waals surface area contributed by atoms with Crippen molar-refractivity contribution < 1.29 is 9.47 Å². The van der Waals surface area contributed by atoms with Crippen LogP contribution in [0.3, 0.4) is 0 Å². The summed E-state index contributed by atoms with van der Waals surface area (Å²) in [5.74, 6) is 16.2. The van der Waals surface area contributed by atoms with Crippen molar-refractivity contribution >= 4 is 32.3 Å². The molecule has 0 atom stereocenters. The number of unbranched alkanes of at least 4 members (excludes halogenated alkanes) is 14. The second-order valence-electron chi connectivity index (χ2n) is 18.9. The lowest BCUT2D eigenvalue weighted by Gasteiger charge is -2.22. The van der Waals surface area contributed by atoms with Crippen LogP contribution >= 0.6 is 0 Å². The van der Waals surface area contributed by atoms with Crippen LogP contribution in [0.4, 0.5) is 0 Å². The Morgan fingerprint density at radius 1 is 0.406 bits per heavy atom. The molecule has 0 aliphatic rings. The van der Waals surface area contributed by atoms with Crippen LogP contribution in [0.15, 0.2) is 115 Å². The molecule has 330 valence electrons. The lowest BCUT2D eigenvalue weighted by atomic mass is 9.81. The van der Waals surface area contributed by atoms with Crippen molar-refractivity contribution in [3.8, 4) is 46.3 Å². The molecule has 0 amide bonds. The van der Waals surface area contributed by atoms with Crippen molar-refractivity contribution in [3.05, 3.63) is 143 Å². The Labute approximate surface area is 385 Å². The molecule has 0 saturated heterocycles. The van der Waals surface area contributed by atoms with Crippen molar-refractivity contribution in [3.63, 3.8) is 0 Å². The van der Waals surface area contributed by atoms with Gasteiger partial charge in [-0.25, -0.2) is 0 Å². The van der Waals surface area contributed by atoms with Gasteiger partial charge in [0.05, 0.1) is 13.2 Å². The van der Waals surface area contributed by atoms with Gasteiger partial charge < -0.3 is 9.47 Å². The highest BCUT2D eigenvalue weighted by Gasteiger charge is 2.20. The molecule has 0 unspecified atom stereocenters. The second kappa shape index (κ2) is 23.3. The van der Waals surface area contributed by atoms with E-state index in [2.05, 4.69) is 174 Å². The first kappa shape index (κ1) is 46.3. The quantitative estimate of drug-likeness (QED) is 0.0407. The van der Waals surface area contributed by atoms with Crippen molar-refractivity contribution in [2.75, 3.05) is 13.2 Å². The molecule has 7 aromatic carbocycles. The van der Waals surface area contributed by atoms with Crippen LogP contribution in [-0.2, 0) is 5.41 Å². The molecular weight excluding hydrogens is 777 g/mol. The van der Waals surface area contributed by atoms with Crippen LogP contribution in [0, 0.1) is 23.7 Å². The van der Waals surface area contributed by atoms with Gasteiger partial charge in [-0.2, -0.15) is 0 Å². The lowest BCUT2D eigenvalue weighted by Crippen LogP contribution is -2.12. The van der Waals surface area contributed by atoms with E-state index < -0.39 is 0 Å². The molecule has 0 aromatic heterocycles. The average molecular weight is 847 g/mol. The van der Waals surface area contributed by atoms with Crippen LogP contribution in [0.5, 0.6) is 11.5 Å². The number of hydrogen-bond acceptors (Lipinski definition) is 2. The zero-order valence-corrected chi connectivity index (χ0v) is 39.5. The normalized spacial score (nSPS) is 11.5. The summed E-state index contributed by atoms with van der Waals surface area (Å²) in [7, 11) is 0. The van der Waals surface area contributed by atoms with Gasteiger partial charge >= 0.3 is 0 Å². The van der Waals surface area contributed by atoms with E-state index >= 15 is 0 Å². The van der Waals surface area contributed by atoms with E-state index in [1.54, 1.807) is 0 Å². The van der Waals surface area contributed by atoms with Gasteiger partial charge in [0.2, 0.25) is 0 Å². The van der Waals surface area contributed by atoms with Gasteiger partial charge in [-0.05, 0) is 134 Å². The second-order valence-corrected chi connectivity index (χ2v) is 18.9. The monoisotopic (exact) mass is 847 g/mol. The van der Waals surface area contributed by atoms with Gasteiger partial charge in [-0.15, -0.1) is 0 Å². The zero-order valence-electron chi connectivity index (χ0n) is 39.5. The van der Waals surface area contributed by atoms with Gasteiger partial charge in [0.25, 0.3) is 0 Å². The molecule has 0 saturated carbocycles. The topological polar surface area (TPSA) is 18.5 Å². The number of rotatable bonds is 21. The standard InChI is InChI=1S/C62H70O2/c1-6-8-10-12-14-16-18-20-41-63-57-37-27-47(28-38-57)25-31-53-45-56(62(3,4)5)46-54(32-26-48-29-39-58(40-30-48)64-42-21-19-17-15-13-11-9-7-2)59(53)55-43-51-35-33-49-23-22-24-50-34-36-52(44-55)61(51)60(49)50/h22-24,27-30,33-40,43-46H,6-21,41-42H2,1-5H3. The third-order valence-electron chi connectivity index (χ3n) is 12.7. The molecule has 2 heteroatoms. The first-order valence-corrected chi connectivity index (χ1v) is 24.7. The van der Waals surface area contributed by atoms with E-state index in [1.807, 2.05) is 0 Å².